The van der Waals surface area contributed by atoms with Crippen molar-refractivity contribution in [1.82, 2.24) is 0 Å². The number of rotatable bonds is 5. The van der Waals surface area contributed by atoms with Gasteiger partial charge in [0.15, 0.2) is 0 Å². The number of hydrogen-bond acceptors (Lipinski definition) is 1. The maximum atomic E-state index is 13.3. The van der Waals surface area contributed by atoms with E-state index in [1.807, 2.05) is 24.3 Å². The average Bonchev–Trinajstić information content (AvgIpc) is 2.46. The van der Waals surface area contributed by atoms with Crippen LogP contribution in [0.25, 0.3) is 0 Å². The van der Waals surface area contributed by atoms with Crippen molar-refractivity contribution in [3.8, 4) is 0 Å². The maximum absolute atomic E-state index is 13.3. The summed E-state index contributed by atoms with van der Waals surface area (Å²) in [5, 5.41) is 0. The Morgan fingerprint density at radius 2 is 1.79 bits per heavy atom. The van der Waals surface area contributed by atoms with Gasteiger partial charge in [0.2, 0.25) is 0 Å². The van der Waals surface area contributed by atoms with E-state index in [0.29, 0.717) is 0 Å². The van der Waals surface area contributed by atoms with Crippen LogP contribution in [0.4, 0.5) is 4.39 Å². The van der Waals surface area contributed by atoms with E-state index in [9.17, 15) is 4.39 Å². The van der Waals surface area contributed by atoms with Gasteiger partial charge in [-0.2, -0.15) is 0 Å². The van der Waals surface area contributed by atoms with Crippen LogP contribution < -0.4 is 5.73 Å². The minimum atomic E-state index is -0.460. The molecule has 0 saturated carbocycles. The van der Waals surface area contributed by atoms with Gasteiger partial charge in [0.1, 0.15) is 5.82 Å². The maximum Gasteiger partial charge on any atom is 0.123 e. The Morgan fingerprint density at radius 1 is 1.05 bits per heavy atom. The van der Waals surface area contributed by atoms with Crippen molar-refractivity contribution in [2.45, 2.75) is 31.7 Å². The van der Waals surface area contributed by atoms with Crippen LogP contribution in [-0.2, 0) is 12.0 Å². The second kappa shape index (κ2) is 5.98. The molecular formula is C17H20FN. The average molecular weight is 257 g/mol. The molecule has 19 heavy (non-hydrogen) atoms. The van der Waals surface area contributed by atoms with Crippen LogP contribution >= 0.6 is 0 Å². The molecule has 0 spiro atoms. The molecule has 2 rings (SSSR count). The highest BCUT2D eigenvalue weighted by atomic mass is 19.1. The number of nitrogens with two attached hydrogens (primary N) is 1. The Bertz CT molecular complexity index is 524. The molecule has 0 fully saturated rings. The largest absolute Gasteiger partial charge is 0.321 e. The molecular weight excluding hydrogens is 237 g/mol. The lowest BCUT2D eigenvalue weighted by Crippen LogP contribution is -2.36. The summed E-state index contributed by atoms with van der Waals surface area (Å²) in [6.45, 7) is 2.05. The normalized spacial score (nSPS) is 14.1. The summed E-state index contributed by atoms with van der Waals surface area (Å²) in [6, 6.07) is 16.9. The zero-order valence-electron chi connectivity index (χ0n) is 11.3. The fourth-order valence-electron chi connectivity index (χ4n) is 2.34. The van der Waals surface area contributed by atoms with Crippen molar-refractivity contribution >= 4 is 0 Å². The van der Waals surface area contributed by atoms with Gasteiger partial charge in [-0.1, -0.05) is 49.4 Å². The summed E-state index contributed by atoms with van der Waals surface area (Å²) in [7, 11) is 0. The third-order valence-corrected chi connectivity index (χ3v) is 3.73. The minimum absolute atomic E-state index is 0.222. The molecule has 100 valence electrons. The first kappa shape index (κ1) is 13.8. The zero-order valence-corrected chi connectivity index (χ0v) is 11.3. The zero-order chi connectivity index (χ0) is 13.7. The highest BCUT2D eigenvalue weighted by molar-refractivity contribution is 5.25. The minimum Gasteiger partial charge on any atom is -0.321 e. The van der Waals surface area contributed by atoms with Gasteiger partial charge in [0, 0.05) is 5.54 Å². The van der Waals surface area contributed by atoms with Crippen molar-refractivity contribution in [2.75, 3.05) is 0 Å². The third-order valence-electron chi connectivity index (χ3n) is 3.73. The van der Waals surface area contributed by atoms with Gasteiger partial charge in [-0.25, -0.2) is 4.39 Å². The topological polar surface area (TPSA) is 26.0 Å². The molecule has 2 heteroatoms. The SMILES string of the molecule is CCC(N)(CCc1ccccc1)c1cccc(F)c1. The Balaban J connectivity index is 2.14. The van der Waals surface area contributed by atoms with Gasteiger partial charge in [-0.05, 0) is 42.5 Å². The first-order valence-corrected chi connectivity index (χ1v) is 6.73. The number of aryl methyl sites for hydroxylation is 1. The second-order valence-corrected chi connectivity index (χ2v) is 5.01. The van der Waals surface area contributed by atoms with Crippen LogP contribution in [0, 0.1) is 5.82 Å². The molecule has 0 saturated heterocycles. The Hall–Kier alpha value is -1.67. The first-order valence-electron chi connectivity index (χ1n) is 6.73. The van der Waals surface area contributed by atoms with Crippen LogP contribution in [0.1, 0.15) is 30.9 Å². The molecule has 0 bridgehead atoms. The van der Waals surface area contributed by atoms with Crippen molar-refractivity contribution in [3.63, 3.8) is 0 Å². The molecule has 2 N–H and O–H groups in total. The Morgan fingerprint density at radius 3 is 2.42 bits per heavy atom. The molecule has 0 aromatic heterocycles. The van der Waals surface area contributed by atoms with Gasteiger partial charge in [0.05, 0.1) is 0 Å². The number of hydrogen-bond donors (Lipinski definition) is 1. The summed E-state index contributed by atoms with van der Waals surface area (Å²) < 4.78 is 13.3. The van der Waals surface area contributed by atoms with Gasteiger partial charge < -0.3 is 5.73 Å². The third kappa shape index (κ3) is 3.42. The predicted molar refractivity (Wildman–Crippen MR) is 77.3 cm³/mol. The van der Waals surface area contributed by atoms with Crippen molar-refractivity contribution < 1.29 is 4.39 Å². The molecule has 0 aliphatic rings. The summed E-state index contributed by atoms with van der Waals surface area (Å²) in [5.41, 5.74) is 8.15. The Labute approximate surface area is 114 Å². The van der Waals surface area contributed by atoms with E-state index in [4.69, 9.17) is 5.73 Å². The Kier molecular flexibility index (Phi) is 4.33. The van der Waals surface area contributed by atoms with Gasteiger partial charge in [0.25, 0.3) is 0 Å². The molecule has 2 aromatic carbocycles. The summed E-state index contributed by atoms with van der Waals surface area (Å²) in [5.74, 6) is -0.222. The fourth-order valence-corrected chi connectivity index (χ4v) is 2.34. The van der Waals surface area contributed by atoms with Gasteiger partial charge in [-0.3, -0.25) is 0 Å². The van der Waals surface area contributed by atoms with Crippen molar-refractivity contribution in [3.05, 3.63) is 71.5 Å². The predicted octanol–water partition coefficient (Wildman–Crippen LogP) is 4.02. The van der Waals surface area contributed by atoms with E-state index in [1.54, 1.807) is 12.1 Å². The van der Waals surface area contributed by atoms with E-state index in [1.165, 1.54) is 11.6 Å². The molecule has 1 nitrogen and oxygen atoms in total. The lowest BCUT2D eigenvalue weighted by molar-refractivity contribution is 0.392. The van der Waals surface area contributed by atoms with E-state index in [-0.39, 0.29) is 5.82 Å². The standard InChI is InChI=1S/C17H20FN/c1-2-17(19,15-9-6-10-16(18)13-15)12-11-14-7-4-3-5-8-14/h3-10,13H,2,11-12,19H2,1H3. The quantitative estimate of drug-likeness (QED) is 0.860. The van der Waals surface area contributed by atoms with Gasteiger partial charge in [-0.15, -0.1) is 0 Å². The first-order chi connectivity index (χ1) is 9.14. The second-order valence-electron chi connectivity index (χ2n) is 5.01. The number of benzene rings is 2. The number of halogens is 1. The van der Waals surface area contributed by atoms with E-state index in [2.05, 4.69) is 19.1 Å². The fraction of sp³-hybridized carbons (Fsp3) is 0.294. The van der Waals surface area contributed by atoms with Gasteiger partial charge >= 0.3 is 0 Å². The van der Waals surface area contributed by atoms with E-state index in [0.717, 1.165) is 24.8 Å². The van der Waals surface area contributed by atoms with Crippen LogP contribution in [0.15, 0.2) is 54.6 Å². The smallest absolute Gasteiger partial charge is 0.123 e. The van der Waals surface area contributed by atoms with Crippen LogP contribution in [-0.4, -0.2) is 0 Å². The van der Waals surface area contributed by atoms with Crippen LogP contribution in [0.5, 0.6) is 0 Å². The van der Waals surface area contributed by atoms with E-state index < -0.39 is 5.54 Å². The highest BCUT2D eigenvalue weighted by Crippen LogP contribution is 2.28. The summed E-state index contributed by atoms with van der Waals surface area (Å²) >= 11 is 0. The highest BCUT2D eigenvalue weighted by Gasteiger charge is 2.25. The monoisotopic (exact) mass is 257 g/mol. The van der Waals surface area contributed by atoms with Crippen LogP contribution in [0.3, 0.4) is 0 Å². The summed E-state index contributed by atoms with van der Waals surface area (Å²) in [4.78, 5) is 0. The van der Waals surface area contributed by atoms with E-state index >= 15 is 0 Å². The van der Waals surface area contributed by atoms with Crippen molar-refractivity contribution in [1.29, 1.82) is 0 Å². The van der Waals surface area contributed by atoms with Crippen LogP contribution in [0.2, 0.25) is 0 Å². The molecule has 0 aliphatic heterocycles. The lowest BCUT2D eigenvalue weighted by atomic mass is 9.83. The summed E-state index contributed by atoms with van der Waals surface area (Å²) in [6.07, 6.45) is 2.52. The molecule has 0 radical (unpaired) electrons. The molecule has 1 atom stereocenters. The molecule has 1 unspecified atom stereocenters. The molecule has 0 heterocycles. The molecule has 0 aliphatic carbocycles. The van der Waals surface area contributed by atoms with Crippen molar-refractivity contribution in [2.24, 2.45) is 5.73 Å². The molecule has 0 amide bonds. The lowest BCUT2D eigenvalue weighted by Gasteiger charge is -2.29. The molecule has 2 aromatic rings.